The second kappa shape index (κ2) is 6.51. The van der Waals surface area contributed by atoms with E-state index >= 15 is 0 Å². The molecule has 0 aliphatic rings. The van der Waals surface area contributed by atoms with Crippen molar-refractivity contribution in [2.24, 2.45) is 5.73 Å². The Bertz CT molecular complexity index is 413. The van der Waals surface area contributed by atoms with Gasteiger partial charge in [-0.3, -0.25) is 0 Å². The summed E-state index contributed by atoms with van der Waals surface area (Å²) in [5.41, 5.74) is 6.22. The van der Waals surface area contributed by atoms with Crippen LogP contribution in [0.1, 0.15) is 6.42 Å². The zero-order valence-electron chi connectivity index (χ0n) is 9.75. The number of rotatable bonds is 6. The number of methoxy groups -OCH3 is 2. The molecule has 0 bridgehead atoms. The van der Waals surface area contributed by atoms with Crippen molar-refractivity contribution in [3.8, 4) is 11.5 Å². The molecule has 0 radical (unpaired) electrons. The molecular formula is C11H15ClN2O2S. The van der Waals surface area contributed by atoms with E-state index in [1.165, 1.54) is 0 Å². The van der Waals surface area contributed by atoms with E-state index in [9.17, 15) is 0 Å². The Hall–Kier alpha value is -1.20. The van der Waals surface area contributed by atoms with E-state index in [-0.39, 0.29) is 0 Å². The van der Waals surface area contributed by atoms with Crippen molar-refractivity contribution in [1.82, 2.24) is 0 Å². The highest BCUT2D eigenvalue weighted by molar-refractivity contribution is 7.80. The first-order chi connectivity index (χ1) is 8.08. The van der Waals surface area contributed by atoms with Crippen LogP contribution in [0, 0.1) is 0 Å². The fraction of sp³-hybridized carbons (Fsp3) is 0.364. The molecule has 0 fully saturated rings. The van der Waals surface area contributed by atoms with Crippen LogP contribution in [0.3, 0.4) is 0 Å². The van der Waals surface area contributed by atoms with Gasteiger partial charge in [-0.2, -0.15) is 0 Å². The van der Waals surface area contributed by atoms with Gasteiger partial charge < -0.3 is 20.5 Å². The first-order valence-electron chi connectivity index (χ1n) is 5.02. The van der Waals surface area contributed by atoms with Gasteiger partial charge in [0.25, 0.3) is 0 Å². The monoisotopic (exact) mass is 274 g/mol. The minimum atomic E-state index is 0.470. The quantitative estimate of drug-likeness (QED) is 0.781. The van der Waals surface area contributed by atoms with Crippen LogP contribution in [0.25, 0.3) is 0 Å². The van der Waals surface area contributed by atoms with E-state index in [1.807, 2.05) is 0 Å². The molecular weight excluding hydrogens is 260 g/mol. The lowest BCUT2D eigenvalue weighted by molar-refractivity contribution is 0.404. The summed E-state index contributed by atoms with van der Waals surface area (Å²) in [5, 5.41) is 3.67. The van der Waals surface area contributed by atoms with Crippen LogP contribution in [0.15, 0.2) is 12.1 Å². The Balaban J connectivity index is 2.84. The van der Waals surface area contributed by atoms with E-state index in [1.54, 1.807) is 26.4 Å². The summed E-state index contributed by atoms with van der Waals surface area (Å²) in [7, 11) is 3.14. The summed E-state index contributed by atoms with van der Waals surface area (Å²) < 4.78 is 10.4. The molecule has 0 saturated carbocycles. The van der Waals surface area contributed by atoms with Gasteiger partial charge in [-0.15, -0.1) is 0 Å². The highest BCUT2D eigenvalue weighted by atomic mass is 35.5. The van der Waals surface area contributed by atoms with Crippen LogP contribution in [0.4, 0.5) is 5.69 Å². The Morgan fingerprint density at radius 2 is 2.00 bits per heavy atom. The molecule has 0 unspecified atom stereocenters. The first kappa shape index (κ1) is 13.9. The lowest BCUT2D eigenvalue weighted by atomic mass is 10.2. The standard InChI is InChI=1S/C11H15ClN2O2S/c1-15-9-6-8(14-4-3-11(13)17)10(16-2)5-7(9)12/h5-6,14H,3-4H2,1-2H3,(H2,13,17). The van der Waals surface area contributed by atoms with Crippen molar-refractivity contribution >= 4 is 34.5 Å². The maximum Gasteiger partial charge on any atom is 0.143 e. The minimum absolute atomic E-state index is 0.470. The maximum atomic E-state index is 5.99. The fourth-order valence-corrected chi connectivity index (χ4v) is 1.65. The number of hydrogen-bond donors (Lipinski definition) is 2. The van der Waals surface area contributed by atoms with E-state index in [0.29, 0.717) is 34.5 Å². The fourth-order valence-electron chi connectivity index (χ4n) is 1.32. The van der Waals surface area contributed by atoms with Gasteiger partial charge in [-0.05, 0) is 0 Å². The average Bonchev–Trinajstić information content (AvgIpc) is 2.30. The highest BCUT2D eigenvalue weighted by Gasteiger charge is 2.09. The van der Waals surface area contributed by atoms with Gasteiger partial charge in [-0.25, -0.2) is 0 Å². The predicted molar refractivity (Wildman–Crippen MR) is 74.4 cm³/mol. The zero-order chi connectivity index (χ0) is 12.8. The topological polar surface area (TPSA) is 56.5 Å². The van der Waals surface area contributed by atoms with Gasteiger partial charge in [-0.1, -0.05) is 23.8 Å². The van der Waals surface area contributed by atoms with Crippen LogP contribution >= 0.6 is 23.8 Å². The summed E-state index contributed by atoms with van der Waals surface area (Å²) in [6.45, 7) is 0.635. The van der Waals surface area contributed by atoms with Crippen LogP contribution in [0.2, 0.25) is 5.02 Å². The number of thiocarbonyl (C=S) groups is 1. The van der Waals surface area contributed by atoms with Crippen molar-refractivity contribution in [3.63, 3.8) is 0 Å². The molecule has 0 aliphatic heterocycles. The van der Waals surface area contributed by atoms with Gasteiger partial charge in [0, 0.05) is 25.1 Å². The SMILES string of the molecule is COc1cc(NCCC(N)=S)c(OC)cc1Cl. The number of ether oxygens (including phenoxy) is 2. The molecule has 0 atom stereocenters. The van der Waals surface area contributed by atoms with Gasteiger partial charge in [0.05, 0.1) is 29.9 Å². The predicted octanol–water partition coefficient (Wildman–Crippen LogP) is 2.45. The van der Waals surface area contributed by atoms with Gasteiger partial charge >= 0.3 is 0 Å². The second-order valence-corrected chi connectivity index (χ2v) is 4.26. The summed E-state index contributed by atoms with van der Waals surface area (Å²) >= 11 is 10.8. The first-order valence-corrected chi connectivity index (χ1v) is 5.80. The lowest BCUT2D eigenvalue weighted by Crippen LogP contribution is -2.14. The van der Waals surface area contributed by atoms with E-state index in [4.69, 9.17) is 39.0 Å². The largest absolute Gasteiger partial charge is 0.495 e. The normalized spacial score (nSPS) is 9.82. The Kier molecular flexibility index (Phi) is 5.31. The van der Waals surface area contributed by atoms with Crippen LogP contribution in [-0.2, 0) is 0 Å². The van der Waals surface area contributed by atoms with Crippen molar-refractivity contribution in [2.45, 2.75) is 6.42 Å². The maximum absolute atomic E-state index is 5.99. The summed E-state index contributed by atoms with van der Waals surface area (Å²) in [4.78, 5) is 0.470. The number of hydrogen-bond acceptors (Lipinski definition) is 4. The molecule has 1 aromatic rings. The van der Waals surface area contributed by atoms with Crippen molar-refractivity contribution in [2.75, 3.05) is 26.1 Å². The molecule has 0 spiro atoms. The van der Waals surface area contributed by atoms with Crippen molar-refractivity contribution < 1.29 is 9.47 Å². The molecule has 17 heavy (non-hydrogen) atoms. The zero-order valence-corrected chi connectivity index (χ0v) is 11.3. The average molecular weight is 275 g/mol. The number of nitrogens with two attached hydrogens (primary N) is 1. The van der Waals surface area contributed by atoms with E-state index < -0.39 is 0 Å². The smallest absolute Gasteiger partial charge is 0.143 e. The summed E-state index contributed by atoms with van der Waals surface area (Å²) in [5.74, 6) is 1.24. The Morgan fingerprint density at radius 3 is 2.53 bits per heavy atom. The molecule has 0 aliphatic carbocycles. The third kappa shape index (κ3) is 3.94. The number of benzene rings is 1. The van der Waals surface area contributed by atoms with E-state index in [0.717, 1.165) is 5.69 Å². The van der Waals surface area contributed by atoms with Crippen LogP contribution < -0.4 is 20.5 Å². The molecule has 0 aromatic heterocycles. The summed E-state index contributed by atoms with van der Waals surface area (Å²) in [6.07, 6.45) is 0.615. The molecule has 3 N–H and O–H groups in total. The minimum Gasteiger partial charge on any atom is -0.495 e. The third-order valence-corrected chi connectivity index (χ3v) is 2.66. The van der Waals surface area contributed by atoms with Gasteiger partial charge in [0.15, 0.2) is 0 Å². The van der Waals surface area contributed by atoms with Gasteiger partial charge in [0.2, 0.25) is 0 Å². The molecule has 4 nitrogen and oxygen atoms in total. The Labute approximate surface area is 111 Å². The number of nitrogens with one attached hydrogen (secondary N) is 1. The second-order valence-electron chi connectivity index (χ2n) is 3.33. The molecule has 6 heteroatoms. The summed E-state index contributed by atoms with van der Waals surface area (Å²) in [6, 6.07) is 3.48. The van der Waals surface area contributed by atoms with Gasteiger partial charge in [0.1, 0.15) is 11.5 Å². The lowest BCUT2D eigenvalue weighted by Gasteiger charge is -2.13. The molecule has 0 heterocycles. The molecule has 0 amide bonds. The molecule has 1 aromatic carbocycles. The highest BCUT2D eigenvalue weighted by Crippen LogP contribution is 2.35. The number of halogens is 1. The molecule has 94 valence electrons. The van der Waals surface area contributed by atoms with E-state index in [2.05, 4.69) is 5.32 Å². The third-order valence-electron chi connectivity index (χ3n) is 2.16. The number of anilines is 1. The Morgan fingerprint density at radius 1 is 1.35 bits per heavy atom. The van der Waals surface area contributed by atoms with Crippen molar-refractivity contribution in [1.29, 1.82) is 0 Å². The van der Waals surface area contributed by atoms with Crippen LogP contribution in [-0.4, -0.2) is 25.8 Å². The van der Waals surface area contributed by atoms with Crippen molar-refractivity contribution in [3.05, 3.63) is 17.2 Å². The molecule has 1 rings (SSSR count). The molecule has 0 saturated heterocycles. The van der Waals surface area contributed by atoms with Crippen LogP contribution in [0.5, 0.6) is 11.5 Å².